The molecule has 0 aliphatic carbocycles. The average Bonchev–Trinajstić information content (AvgIpc) is 2.87. The molecule has 34 heavy (non-hydrogen) atoms. The number of para-hydroxylation sites is 1. The van der Waals surface area contributed by atoms with Crippen molar-refractivity contribution in [3.63, 3.8) is 0 Å². The Morgan fingerprint density at radius 3 is 2.50 bits per heavy atom. The molecule has 0 radical (unpaired) electrons. The van der Waals surface area contributed by atoms with Crippen LogP contribution in [0.15, 0.2) is 78.9 Å². The molecule has 180 valence electrons. The van der Waals surface area contributed by atoms with Gasteiger partial charge in [-0.1, -0.05) is 60.7 Å². The van der Waals surface area contributed by atoms with Crippen LogP contribution in [-0.4, -0.2) is 30.2 Å². The van der Waals surface area contributed by atoms with Crippen molar-refractivity contribution in [3.8, 4) is 5.75 Å². The molecule has 4 nitrogen and oxygen atoms in total. The minimum absolute atomic E-state index is 0.224. The Kier molecular flexibility index (Phi) is 7.99. The van der Waals surface area contributed by atoms with E-state index in [1.54, 1.807) is 19.2 Å². The molecule has 3 N–H and O–H groups in total. The van der Waals surface area contributed by atoms with Gasteiger partial charge in [-0.3, -0.25) is 4.90 Å². The van der Waals surface area contributed by atoms with E-state index in [4.69, 9.17) is 10.5 Å². The molecule has 3 atom stereocenters. The molecule has 1 heterocycles. The summed E-state index contributed by atoms with van der Waals surface area (Å²) < 4.78 is 18.8. The number of aliphatic hydroxyl groups is 1. The maximum Gasteiger partial charge on any atom is 0.123 e. The number of nitrogens with two attached hydrogens (primary N) is 1. The number of aliphatic hydroxyl groups excluding tert-OH is 1. The summed E-state index contributed by atoms with van der Waals surface area (Å²) in [7, 11) is 1.71. The first kappa shape index (κ1) is 24.4. The highest BCUT2D eigenvalue weighted by atomic mass is 19.1. The van der Waals surface area contributed by atoms with Crippen molar-refractivity contribution in [1.29, 1.82) is 0 Å². The van der Waals surface area contributed by atoms with E-state index in [-0.39, 0.29) is 11.7 Å². The lowest BCUT2D eigenvalue weighted by Gasteiger charge is -2.50. The first-order valence-corrected chi connectivity index (χ1v) is 12.2. The molecule has 0 spiro atoms. The number of hydrogen-bond acceptors (Lipinski definition) is 4. The van der Waals surface area contributed by atoms with Gasteiger partial charge in [0.1, 0.15) is 11.6 Å². The number of methoxy groups -OCH3 is 1. The van der Waals surface area contributed by atoms with Gasteiger partial charge in [-0.25, -0.2) is 4.39 Å². The minimum atomic E-state index is -0.612. The highest BCUT2D eigenvalue weighted by molar-refractivity contribution is 5.35. The van der Waals surface area contributed by atoms with Gasteiger partial charge in [0.05, 0.1) is 18.9 Å². The predicted octanol–water partition coefficient (Wildman–Crippen LogP) is 5.41. The maximum atomic E-state index is 13.2. The number of benzene rings is 3. The van der Waals surface area contributed by atoms with Gasteiger partial charge in [0.25, 0.3) is 0 Å². The van der Waals surface area contributed by atoms with Gasteiger partial charge in [-0.05, 0) is 72.9 Å². The molecular formula is C29H35FN2O2. The van der Waals surface area contributed by atoms with Crippen molar-refractivity contribution >= 4 is 0 Å². The SMILES string of the molecule is COc1ccccc1C[C@@H]1CCCN(CCCC(O)c2ccc(F)cc2)[C@]1(N)c1ccccc1. The standard InChI is InChI=1S/C29H35FN2O2/c1-34-28-14-6-5-9-23(28)21-25-12-7-19-32(29(25,31)24-10-3-2-4-11-24)20-8-13-27(33)22-15-17-26(30)18-16-22/h2-6,9-11,14-18,25,27,33H,7-8,12-13,19-21,31H2,1H3/t25-,27?,29+/m0/s1. The molecule has 1 aliphatic rings. The van der Waals surface area contributed by atoms with E-state index in [9.17, 15) is 9.50 Å². The van der Waals surface area contributed by atoms with Crippen LogP contribution >= 0.6 is 0 Å². The number of likely N-dealkylation sites (tertiary alicyclic amines) is 1. The summed E-state index contributed by atoms with van der Waals surface area (Å²) in [6.45, 7) is 1.70. The molecule has 1 fully saturated rings. The van der Waals surface area contributed by atoms with Crippen LogP contribution in [-0.2, 0) is 12.1 Å². The van der Waals surface area contributed by atoms with E-state index < -0.39 is 11.8 Å². The summed E-state index contributed by atoms with van der Waals surface area (Å²) in [5.74, 6) is 0.834. The number of hydrogen-bond donors (Lipinski definition) is 2. The fourth-order valence-corrected chi connectivity index (χ4v) is 5.33. The van der Waals surface area contributed by atoms with Gasteiger partial charge < -0.3 is 15.6 Å². The van der Waals surface area contributed by atoms with Gasteiger partial charge in [-0.15, -0.1) is 0 Å². The van der Waals surface area contributed by atoms with E-state index >= 15 is 0 Å². The summed E-state index contributed by atoms with van der Waals surface area (Å²) >= 11 is 0. The molecule has 1 unspecified atom stereocenters. The van der Waals surface area contributed by atoms with Crippen molar-refractivity contribution in [2.45, 2.75) is 43.9 Å². The van der Waals surface area contributed by atoms with Gasteiger partial charge >= 0.3 is 0 Å². The molecule has 3 aromatic rings. The van der Waals surface area contributed by atoms with E-state index in [2.05, 4.69) is 41.3 Å². The molecule has 0 saturated carbocycles. The van der Waals surface area contributed by atoms with Gasteiger partial charge in [0, 0.05) is 13.1 Å². The van der Waals surface area contributed by atoms with Crippen molar-refractivity contribution < 1.29 is 14.2 Å². The molecule has 4 rings (SSSR count). The van der Waals surface area contributed by atoms with Crippen molar-refractivity contribution in [2.75, 3.05) is 20.2 Å². The molecule has 0 amide bonds. The third-order valence-electron chi connectivity index (χ3n) is 7.18. The lowest BCUT2D eigenvalue weighted by molar-refractivity contribution is -0.0102. The zero-order valence-corrected chi connectivity index (χ0v) is 19.9. The lowest BCUT2D eigenvalue weighted by Crippen LogP contribution is -2.61. The Hall–Kier alpha value is -2.73. The summed E-state index contributed by atoms with van der Waals surface area (Å²) in [5.41, 5.74) is 9.76. The number of nitrogens with zero attached hydrogens (tertiary/aromatic N) is 1. The lowest BCUT2D eigenvalue weighted by atomic mass is 9.75. The molecule has 3 aromatic carbocycles. The van der Waals surface area contributed by atoms with Crippen LogP contribution in [0.5, 0.6) is 5.75 Å². The number of halogens is 1. The van der Waals surface area contributed by atoms with Gasteiger partial charge in [-0.2, -0.15) is 0 Å². The van der Waals surface area contributed by atoms with Gasteiger partial charge in [0.15, 0.2) is 0 Å². The topological polar surface area (TPSA) is 58.7 Å². The average molecular weight is 463 g/mol. The summed E-state index contributed by atoms with van der Waals surface area (Å²) in [6, 6.07) is 24.7. The zero-order chi connectivity index (χ0) is 24.0. The monoisotopic (exact) mass is 462 g/mol. The number of rotatable bonds is 9. The Labute approximate surface area is 202 Å². The first-order chi connectivity index (χ1) is 16.5. The Morgan fingerprint density at radius 1 is 1.06 bits per heavy atom. The van der Waals surface area contributed by atoms with Crippen LogP contribution in [0.25, 0.3) is 0 Å². The highest BCUT2D eigenvalue weighted by Crippen LogP contribution is 2.41. The van der Waals surface area contributed by atoms with E-state index in [0.29, 0.717) is 6.42 Å². The normalized spacial score (nSPS) is 21.8. The summed E-state index contributed by atoms with van der Waals surface area (Å²) in [6.07, 6.45) is 3.74. The second-order valence-electron chi connectivity index (χ2n) is 9.24. The highest BCUT2D eigenvalue weighted by Gasteiger charge is 2.44. The van der Waals surface area contributed by atoms with Gasteiger partial charge in [0.2, 0.25) is 0 Å². The summed E-state index contributed by atoms with van der Waals surface area (Å²) in [4.78, 5) is 2.39. The fraction of sp³-hybridized carbons (Fsp3) is 0.379. The van der Waals surface area contributed by atoms with E-state index in [0.717, 1.165) is 55.6 Å². The van der Waals surface area contributed by atoms with Crippen molar-refractivity contribution in [1.82, 2.24) is 4.90 Å². The van der Waals surface area contributed by atoms with Crippen LogP contribution in [0.2, 0.25) is 0 Å². The zero-order valence-electron chi connectivity index (χ0n) is 19.9. The van der Waals surface area contributed by atoms with Crippen molar-refractivity contribution in [3.05, 3.63) is 101 Å². The molecular weight excluding hydrogens is 427 g/mol. The van der Waals surface area contributed by atoms with Crippen LogP contribution in [0.4, 0.5) is 4.39 Å². The minimum Gasteiger partial charge on any atom is -0.496 e. The molecule has 0 aromatic heterocycles. The second-order valence-corrected chi connectivity index (χ2v) is 9.24. The van der Waals surface area contributed by atoms with Crippen molar-refractivity contribution in [2.24, 2.45) is 11.7 Å². The van der Waals surface area contributed by atoms with Crippen LogP contribution in [0, 0.1) is 11.7 Å². The summed E-state index contributed by atoms with van der Waals surface area (Å²) in [5, 5.41) is 10.6. The third kappa shape index (κ3) is 5.33. The molecule has 1 saturated heterocycles. The van der Waals surface area contributed by atoms with E-state index in [1.165, 1.54) is 17.7 Å². The Balaban J connectivity index is 1.52. The quantitative estimate of drug-likeness (QED) is 0.446. The molecule has 1 aliphatic heterocycles. The number of ether oxygens (including phenoxy) is 1. The fourth-order valence-electron chi connectivity index (χ4n) is 5.33. The third-order valence-corrected chi connectivity index (χ3v) is 7.18. The second kappa shape index (κ2) is 11.1. The smallest absolute Gasteiger partial charge is 0.123 e. The molecule has 5 heteroatoms. The van der Waals surface area contributed by atoms with Crippen LogP contribution in [0.3, 0.4) is 0 Å². The van der Waals surface area contributed by atoms with Crippen LogP contribution in [0.1, 0.15) is 48.5 Å². The maximum absolute atomic E-state index is 13.2. The van der Waals surface area contributed by atoms with E-state index in [1.807, 2.05) is 18.2 Å². The Morgan fingerprint density at radius 2 is 1.76 bits per heavy atom. The van der Waals surface area contributed by atoms with Crippen LogP contribution < -0.4 is 10.5 Å². The predicted molar refractivity (Wildman–Crippen MR) is 134 cm³/mol. The Bertz CT molecular complexity index is 1040. The first-order valence-electron chi connectivity index (χ1n) is 12.2. The number of piperidine rings is 1. The largest absolute Gasteiger partial charge is 0.496 e. The molecule has 0 bridgehead atoms.